The molecule has 0 amide bonds. The van der Waals surface area contributed by atoms with E-state index in [9.17, 15) is 8.42 Å². The molecule has 2 aromatic carbocycles. The van der Waals surface area contributed by atoms with Gasteiger partial charge in [0.1, 0.15) is 0 Å². The topological polar surface area (TPSA) is 58.4 Å². The lowest BCUT2D eigenvalue weighted by molar-refractivity contribution is 0.385. The molecule has 32 heavy (non-hydrogen) atoms. The minimum Gasteiger partial charge on any atom is -0.369 e. The van der Waals surface area contributed by atoms with E-state index in [1.165, 1.54) is 0 Å². The van der Waals surface area contributed by atoms with Crippen LogP contribution in [0.1, 0.15) is 23.6 Å². The van der Waals surface area contributed by atoms with Crippen molar-refractivity contribution >= 4 is 39.5 Å². The number of halogens is 1. The summed E-state index contributed by atoms with van der Waals surface area (Å²) in [5.41, 5.74) is 4.37. The Labute approximate surface area is 194 Å². The fourth-order valence-corrected chi connectivity index (χ4v) is 5.20. The van der Waals surface area contributed by atoms with Crippen LogP contribution in [0.5, 0.6) is 0 Å². The first-order valence-corrected chi connectivity index (χ1v) is 12.7. The molecule has 8 heteroatoms. The number of anilines is 1. The van der Waals surface area contributed by atoms with E-state index in [-0.39, 0.29) is 5.75 Å². The molecule has 0 aliphatic carbocycles. The molecule has 0 bridgehead atoms. The van der Waals surface area contributed by atoms with Crippen molar-refractivity contribution < 1.29 is 8.42 Å². The maximum atomic E-state index is 12.0. The Kier molecular flexibility index (Phi) is 6.98. The highest BCUT2D eigenvalue weighted by molar-refractivity contribution is 7.89. The van der Waals surface area contributed by atoms with Gasteiger partial charge in [0.15, 0.2) is 0 Å². The number of imidazole rings is 1. The van der Waals surface area contributed by atoms with Gasteiger partial charge in [0, 0.05) is 55.8 Å². The second-order valence-electron chi connectivity index (χ2n) is 7.84. The molecule has 4 rings (SSSR count). The fraction of sp³-hybridized carbons (Fsp3) is 0.292. The molecule has 0 N–H and O–H groups in total. The van der Waals surface area contributed by atoms with Crippen molar-refractivity contribution in [3.63, 3.8) is 0 Å². The van der Waals surface area contributed by atoms with Gasteiger partial charge >= 0.3 is 0 Å². The molecule has 1 aliphatic rings. The van der Waals surface area contributed by atoms with E-state index in [0.717, 1.165) is 28.9 Å². The molecule has 168 valence electrons. The van der Waals surface area contributed by atoms with Gasteiger partial charge in [-0.1, -0.05) is 35.9 Å². The highest BCUT2D eigenvalue weighted by atomic mass is 35.5. The van der Waals surface area contributed by atoms with Gasteiger partial charge in [0.25, 0.3) is 0 Å². The first-order valence-electron chi connectivity index (χ1n) is 10.7. The Balaban J connectivity index is 1.39. The molecule has 0 atom stereocenters. The molecule has 1 aromatic heterocycles. The number of sulfonamides is 1. The summed E-state index contributed by atoms with van der Waals surface area (Å²) in [4.78, 5) is 6.31. The summed E-state index contributed by atoms with van der Waals surface area (Å²) >= 11 is 6.32. The zero-order chi connectivity index (χ0) is 22.6. The van der Waals surface area contributed by atoms with Crippen LogP contribution in [-0.2, 0) is 16.6 Å². The quantitative estimate of drug-likeness (QED) is 0.485. The maximum Gasteiger partial charge on any atom is 0.213 e. The number of piperazine rings is 1. The van der Waals surface area contributed by atoms with Gasteiger partial charge in [-0.05, 0) is 53.9 Å². The minimum absolute atomic E-state index is 0.158. The molecule has 2 heterocycles. The van der Waals surface area contributed by atoms with Gasteiger partial charge < -0.3 is 9.47 Å². The molecule has 3 aromatic rings. The van der Waals surface area contributed by atoms with Gasteiger partial charge in [0.05, 0.1) is 12.1 Å². The summed E-state index contributed by atoms with van der Waals surface area (Å²) in [6, 6.07) is 14.4. The van der Waals surface area contributed by atoms with E-state index < -0.39 is 10.0 Å². The molecule has 1 fully saturated rings. The van der Waals surface area contributed by atoms with Crippen LogP contribution >= 0.6 is 11.6 Å². The molecular weight excluding hydrogens is 444 g/mol. The van der Waals surface area contributed by atoms with E-state index in [4.69, 9.17) is 11.6 Å². The average molecular weight is 471 g/mol. The van der Waals surface area contributed by atoms with Crippen molar-refractivity contribution in [1.29, 1.82) is 0 Å². The molecule has 0 unspecified atom stereocenters. The number of hydrogen-bond donors (Lipinski definition) is 0. The third kappa shape index (κ3) is 5.59. The summed E-state index contributed by atoms with van der Waals surface area (Å²) in [7, 11) is -3.10. The number of benzene rings is 2. The standard InChI is InChI=1S/C24H27ClN4O2S/c1-2-32(30,31)29-13-11-28(12-14-29)24-7-5-20(6-8-24)3-4-21-15-22(17-23(25)16-21)18-27-10-9-26-19-27/h3-10,15-17,19H,2,11-14,18H2,1H3/b4-3+. The second-order valence-corrected chi connectivity index (χ2v) is 10.5. The summed E-state index contributed by atoms with van der Waals surface area (Å²) < 4.78 is 27.7. The maximum absolute atomic E-state index is 12.0. The van der Waals surface area contributed by atoms with Crippen LogP contribution in [0.15, 0.2) is 61.2 Å². The van der Waals surface area contributed by atoms with Crippen LogP contribution in [-0.4, -0.2) is 54.2 Å². The lowest BCUT2D eigenvalue weighted by Gasteiger charge is -2.35. The monoisotopic (exact) mass is 470 g/mol. The van der Waals surface area contributed by atoms with E-state index in [2.05, 4.69) is 52.4 Å². The molecule has 0 saturated carbocycles. The predicted molar refractivity (Wildman–Crippen MR) is 131 cm³/mol. The SMILES string of the molecule is CCS(=O)(=O)N1CCN(c2ccc(/C=C/c3cc(Cl)cc(Cn4ccnc4)c3)cc2)CC1. The summed E-state index contributed by atoms with van der Waals surface area (Å²) in [5, 5.41) is 0.710. The van der Waals surface area contributed by atoms with Gasteiger partial charge in [-0.2, -0.15) is 4.31 Å². The van der Waals surface area contributed by atoms with Crippen LogP contribution < -0.4 is 4.90 Å². The van der Waals surface area contributed by atoms with E-state index in [1.54, 1.807) is 23.8 Å². The Morgan fingerprint density at radius 3 is 2.38 bits per heavy atom. The van der Waals surface area contributed by atoms with Gasteiger partial charge in [-0.25, -0.2) is 13.4 Å². The first kappa shape index (κ1) is 22.6. The highest BCUT2D eigenvalue weighted by Crippen LogP contribution is 2.21. The third-order valence-corrected chi connectivity index (χ3v) is 7.73. The van der Waals surface area contributed by atoms with Crippen molar-refractivity contribution in [3.8, 4) is 0 Å². The van der Waals surface area contributed by atoms with E-state index in [0.29, 0.717) is 31.2 Å². The number of nitrogens with zero attached hydrogens (tertiary/aromatic N) is 4. The van der Waals surface area contributed by atoms with Crippen molar-refractivity contribution in [2.45, 2.75) is 13.5 Å². The normalized spacial score (nSPS) is 15.5. The lowest BCUT2D eigenvalue weighted by Crippen LogP contribution is -2.49. The minimum atomic E-state index is -3.10. The fourth-order valence-electron chi connectivity index (χ4n) is 3.85. The molecule has 1 saturated heterocycles. The second kappa shape index (κ2) is 9.90. The Bertz CT molecular complexity index is 1170. The average Bonchev–Trinajstić information content (AvgIpc) is 3.31. The Hall–Kier alpha value is -2.61. The zero-order valence-electron chi connectivity index (χ0n) is 18.1. The van der Waals surface area contributed by atoms with Gasteiger partial charge in [-0.15, -0.1) is 0 Å². The summed E-state index contributed by atoms with van der Waals surface area (Å²) in [6.07, 6.45) is 9.62. The smallest absolute Gasteiger partial charge is 0.213 e. The Morgan fingerprint density at radius 1 is 1.00 bits per heavy atom. The van der Waals surface area contributed by atoms with Crippen LogP contribution in [0.4, 0.5) is 5.69 Å². The third-order valence-electron chi connectivity index (χ3n) is 5.63. The first-order chi connectivity index (χ1) is 15.4. The summed E-state index contributed by atoms with van der Waals surface area (Å²) in [6.45, 7) is 4.90. The van der Waals surface area contributed by atoms with Crippen molar-refractivity contribution in [1.82, 2.24) is 13.9 Å². The van der Waals surface area contributed by atoms with Crippen molar-refractivity contribution in [2.24, 2.45) is 0 Å². The van der Waals surface area contributed by atoms with Crippen LogP contribution in [0, 0.1) is 0 Å². The van der Waals surface area contributed by atoms with Crippen LogP contribution in [0.25, 0.3) is 12.2 Å². The molecule has 1 aliphatic heterocycles. The predicted octanol–water partition coefficient (Wildman–Crippen LogP) is 4.23. The van der Waals surface area contributed by atoms with Crippen molar-refractivity contribution in [2.75, 3.05) is 36.8 Å². The number of hydrogen-bond acceptors (Lipinski definition) is 4. The van der Waals surface area contributed by atoms with Gasteiger partial charge in [0.2, 0.25) is 10.0 Å². The summed E-state index contributed by atoms with van der Waals surface area (Å²) in [5.74, 6) is 0.158. The lowest BCUT2D eigenvalue weighted by atomic mass is 10.1. The van der Waals surface area contributed by atoms with Gasteiger partial charge in [-0.3, -0.25) is 0 Å². The molecule has 0 spiro atoms. The zero-order valence-corrected chi connectivity index (χ0v) is 19.6. The highest BCUT2D eigenvalue weighted by Gasteiger charge is 2.25. The molecule has 6 nitrogen and oxygen atoms in total. The molecular formula is C24H27ClN4O2S. The number of rotatable bonds is 7. The Morgan fingerprint density at radius 2 is 1.72 bits per heavy atom. The van der Waals surface area contributed by atoms with E-state index >= 15 is 0 Å². The van der Waals surface area contributed by atoms with Crippen LogP contribution in [0.3, 0.4) is 0 Å². The largest absolute Gasteiger partial charge is 0.369 e. The molecule has 0 radical (unpaired) electrons. The van der Waals surface area contributed by atoms with Crippen molar-refractivity contribution in [3.05, 3.63) is 82.9 Å². The van der Waals surface area contributed by atoms with Crippen LogP contribution in [0.2, 0.25) is 5.02 Å². The van der Waals surface area contributed by atoms with E-state index in [1.807, 2.05) is 22.9 Å². The number of aromatic nitrogens is 2.